The monoisotopic (exact) mass is 474 g/mol. The molecule has 182 valence electrons. The Labute approximate surface area is 204 Å². The lowest BCUT2D eigenvalue weighted by Gasteiger charge is -2.46. The molecule has 6 rings (SSSR count). The van der Waals surface area contributed by atoms with E-state index in [4.69, 9.17) is 13.8 Å². The van der Waals surface area contributed by atoms with E-state index in [1.54, 1.807) is 6.26 Å². The Kier molecular flexibility index (Phi) is 5.99. The molecule has 9 heteroatoms. The molecule has 1 aromatic carbocycles. The van der Waals surface area contributed by atoms with Crippen molar-refractivity contribution in [1.29, 1.82) is 0 Å². The number of ether oxygens (including phenoxy) is 1. The maximum atomic E-state index is 6.06. The minimum atomic E-state index is 0.519. The topological polar surface area (TPSA) is 92.7 Å². The first-order chi connectivity index (χ1) is 17.2. The summed E-state index contributed by atoms with van der Waals surface area (Å²) in [7, 11) is 0. The molecular weight excluding hydrogens is 444 g/mol. The molecule has 5 heterocycles. The molecule has 35 heavy (non-hydrogen) atoms. The molecular formula is C26H30N6O3. The molecule has 0 spiro atoms. The van der Waals surface area contributed by atoms with Crippen LogP contribution in [0, 0.1) is 12.8 Å². The summed E-state index contributed by atoms with van der Waals surface area (Å²) in [6, 6.07) is 12.6. The van der Waals surface area contributed by atoms with E-state index in [1.807, 2.05) is 43.5 Å². The third-order valence-corrected chi connectivity index (χ3v) is 7.16. The van der Waals surface area contributed by atoms with Gasteiger partial charge in [0.15, 0.2) is 11.4 Å². The van der Waals surface area contributed by atoms with Gasteiger partial charge in [-0.1, -0.05) is 28.5 Å². The molecule has 2 aliphatic rings. The number of hydrogen-bond donors (Lipinski definition) is 1. The van der Waals surface area contributed by atoms with Crippen LogP contribution in [0.4, 0.5) is 11.5 Å². The summed E-state index contributed by atoms with van der Waals surface area (Å²) in [5, 5.41) is 12.6. The van der Waals surface area contributed by atoms with Gasteiger partial charge in [0, 0.05) is 56.9 Å². The Hall–Kier alpha value is -3.59. The van der Waals surface area contributed by atoms with Crippen LogP contribution in [-0.2, 0) is 6.54 Å². The van der Waals surface area contributed by atoms with Gasteiger partial charge in [0.05, 0.1) is 17.7 Å². The number of anilines is 2. The molecule has 1 N–H and O–H groups in total. The third kappa shape index (κ3) is 4.68. The highest BCUT2D eigenvalue weighted by atomic mass is 16.5. The number of pyridine rings is 1. The van der Waals surface area contributed by atoms with Crippen LogP contribution in [0.25, 0.3) is 11.0 Å². The van der Waals surface area contributed by atoms with Crippen LogP contribution < -0.4 is 15.0 Å². The summed E-state index contributed by atoms with van der Waals surface area (Å²) in [4.78, 5) is 9.49. The van der Waals surface area contributed by atoms with Crippen LogP contribution in [-0.4, -0.2) is 59.0 Å². The summed E-state index contributed by atoms with van der Waals surface area (Å²) in [6.07, 6.45) is 5.80. The zero-order chi connectivity index (χ0) is 23.6. The van der Waals surface area contributed by atoms with Crippen LogP contribution in [0.15, 0.2) is 57.9 Å². The zero-order valence-corrected chi connectivity index (χ0v) is 19.9. The van der Waals surface area contributed by atoms with Crippen molar-refractivity contribution in [3.8, 4) is 5.88 Å². The highest BCUT2D eigenvalue weighted by molar-refractivity contribution is 5.88. The van der Waals surface area contributed by atoms with Crippen molar-refractivity contribution in [3.63, 3.8) is 0 Å². The van der Waals surface area contributed by atoms with Gasteiger partial charge in [-0.25, -0.2) is 4.98 Å². The lowest BCUT2D eigenvalue weighted by Crippen LogP contribution is -2.57. The largest absolute Gasteiger partial charge is 0.477 e. The van der Waals surface area contributed by atoms with Gasteiger partial charge in [0.25, 0.3) is 0 Å². The molecule has 0 bridgehead atoms. The Bertz CT molecular complexity index is 1270. The molecule has 9 nitrogen and oxygen atoms in total. The molecule has 0 unspecified atom stereocenters. The van der Waals surface area contributed by atoms with Crippen molar-refractivity contribution >= 4 is 22.5 Å². The fourth-order valence-electron chi connectivity index (χ4n) is 5.15. The van der Waals surface area contributed by atoms with E-state index in [-0.39, 0.29) is 0 Å². The molecule has 2 atom stereocenters. The lowest BCUT2D eigenvalue weighted by atomic mass is 9.91. The number of aryl methyl sites for hydroxylation is 1. The predicted molar refractivity (Wildman–Crippen MR) is 133 cm³/mol. The Balaban J connectivity index is 0.983. The highest BCUT2D eigenvalue weighted by Crippen LogP contribution is 2.31. The second-order valence-corrected chi connectivity index (χ2v) is 9.52. The SMILES string of the molecule is Cc1nocc1NCc1ccc(OC[C@@H]2CC[C@@H]3CN(c4noc5ccccc45)CCN3C2)nc1. The van der Waals surface area contributed by atoms with Gasteiger partial charge in [-0.15, -0.1) is 0 Å². The average Bonchev–Trinajstić information content (AvgIpc) is 3.52. The maximum absolute atomic E-state index is 6.06. The number of nitrogens with zero attached hydrogens (tertiary/aromatic N) is 5. The number of piperidine rings is 1. The van der Waals surface area contributed by atoms with E-state index >= 15 is 0 Å². The van der Waals surface area contributed by atoms with Crippen molar-refractivity contribution in [2.45, 2.75) is 32.4 Å². The fourth-order valence-corrected chi connectivity index (χ4v) is 5.15. The van der Waals surface area contributed by atoms with Gasteiger partial charge >= 0.3 is 0 Å². The minimum absolute atomic E-state index is 0.519. The van der Waals surface area contributed by atoms with Crippen LogP contribution in [0.2, 0.25) is 0 Å². The van der Waals surface area contributed by atoms with Gasteiger partial charge in [0.1, 0.15) is 12.0 Å². The average molecular weight is 475 g/mol. The van der Waals surface area contributed by atoms with Crippen molar-refractivity contribution in [1.82, 2.24) is 20.2 Å². The maximum Gasteiger partial charge on any atom is 0.213 e. The number of aromatic nitrogens is 3. The molecule has 0 aliphatic carbocycles. The summed E-state index contributed by atoms with van der Waals surface area (Å²) >= 11 is 0. The third-order valence-electron chi connectivity index (χ3n) is 7.16. The van der Waals surface area contributed by atoms with Gasteiger partial charge in [0.2, 0.25) is 5.88 Å². The smallest absolute Gasteiger partial charge is 0.213 e. The molecule has 4 aromatic rings. The standard InChI is InChI=1S/C26H30N6O3/c1-18-23(17-34-29-18)27-12-19-7-9-25(28-13-19)33-16-20-6-8-21-15-32(11-10-31(21)14-20)26-22-4-2-3-5-24(22)35-30-26/h2-5,7,9,13,17,20-21,27H,6,8,10-12,14-16H2,1H3/t20-,21-/m1/s1. The quantitative estimate of drug-likeness (QED) is 0.425. The van der Waals surface area contributed by atoms with Crippen LogP contribution in [0.5, 0.6) is 5.88 Å². The first kappa shape index (κ1) is 21.9. The molecule has 2 fully saturated rings. The van der Waals surface area contributed by atoms with Crippen LogP contribution in [0.3, 0.4) is 0 Å². The number of hydrogen-bond acceptors (Lipinski definition) is 9. The predicted octanol–water partition coefficient (Wildman–Crippen LogP) is 4.11. The number of benzene rings is 1. The molecule has 0 amide bonds. The Morgan fingerprint density at radius 3 is 2.89 bits per heavy atom. The lowest BCUT2D eigenvalue weighted by molar-refractivity contribution is 0.0717. The van der Waals surface area contributed by atoms with Crippen molar-refractivity contribution in [3.05, 3.63) is 60.1 Å². The molecule has 3 aromatic heterocycles. The minimum Gasteiger partial charge on any atom is -0.477 e. The molecule has 2 aliphatic heterocycles. The Morgan fingerprint density at radius 1 is 1.09 bits per heavy atom. The fraction of sp³-hybridized carbons (Fsp3) is 0.423. The summed E-state index contributed by atoms with van der Waals surface area (Å²) in [6.45, 7) is 7.33. The van der Waals surface area contributed by atoms with Crippen molar-refractivity contribution in [2.75, 3.05) is 43.0 Å². The summed E-state index contributed by atoms with van der Waals surface area (Å²) in [5.41, 5.74) is 3.68. The van der Waals surface area contributed by atoms with Crippen molar-refractivity contribution < 1.29 is 13.8 Å². The van der Waals surface area contributed by atoms with E-state index in [9.17, 15) is 0 Å². The second-order valence-electron chi connectivity index (χ2n) is 9.52. The second kappa shape index (κ2) is 9.58. The van der Waals surface area contributed by atoms with Gasteiger partial charge in [-0.2, -0.15) is 0 Å². The zero-order valence-electron chi connectivity index (χ0n) is 19.9. The molecule has 0 saturated carbocycles. The van der Waals surface area contributed by atoms with Gasteiger partial charge < -0.3 is 24.0 Å². The van der Waals surface area contributed by atoms with E-state index in [2.05, 4.69) is 36.5 Å². The molecule has 0 radical (unpaired) electrons. The van der Waals surface area contributed by atoms with Crippen LogP contribution in [0.1, 0.15) is 24.1 Å². The van der Waals surface area contributed by atoms with E-state index < -0.39 is 0 Å². The number of rotatable bonds is 7. The first-order valence-electron chi connectivity index (χ1n) is 12.3. The first-order valence-corrected chi connectivity index (χ1v) is 12.3. The summed E-state index contributed by atoms with van der Waals surface area (Å²) < 4.78 is 16.5. The van der Waals surface area contributed by atoms with Gasteiger partial charge in [-0.05, 0) is 37.5 Å². The highest BCUT2D eigenvalue weighted by Gasteiger charge is 2.34. The van der Waals surface area contributed by atoms with Crippen molar-refractivity contribution in [2.24, 2.45) is 5.92 Å². The number of para-hydroxylation sites is 1. The van der Waals surface area contributed by atoms with Gasteiger partial charge in [-0.3, -0.25) is 4.90 Å². The summed E-state index contributed by atoms with van der Waals surface area (Å²) in [5.74, 6) is 2.18. The van der Waals surface area contributed by atoms with E-state index in [0.717, 1.165) is 66.3 Å². The van der Waals surface area contributed by atoms with E-state index in [0.29, 0.717) is 31.0 Å². The van der Waals surface area contributed by atoms with Crippen LogP contribution >= 0.6 is 0 Å². The molecule has 2 saturated heterocycles. The normalized spacial score (nSPS) is 20.7. The van der Waals surface area contributed by atoms with E-state index in [1.165, 1.54) is 6.42 Å². The Morgan fingerprint density at radius 2 is 2.03 bits per heavy atom. The number of piperazine rings is 1. The number of nitrogens with one attached hydrogen (secondary N) is 1. The number of fused-ring (bicyclic) bond motifs is 2.